The van der Waals surface area contributed by atoms with Crippen LogP contribution in [0.5, 0.6) is 0 Å². The number of hydrogen-bond acceptors (Lipinski definition) is 3. The number of aryl methyl sites for hydroxylation is 1. The first kappa shape index (κ1) is 13.3. The summed E-state index contributed by atoms with van der Waals surface area (Å²) in [6, 6.07) is 5.71. The highest BCUT2D eigenvalue weighted by Gasteiger charge is 2.30. The monoisotopic (exact) mass is 294 g/mol. The van der Waals surface area contributed by atoms with Crippen molar-refractivity contribution >= 4 is 5.78 Å². The van der Waals surface area contributed by atoms with E-state index in [0.29, 0.717) is 11.4 Å². The van der Waals surface area contributed by atoms with Crippen molar-refractivity contribution < 1.29 is 13.2 Å². The molecule has 0 atom stereocenters. The summed E-state index contributed by atoms with van der Waals surface area (Å²) >= 11 is 0. The number of rotatable bonds is 1. The fraction of sp³-hybridized carbons (Fsp3) is 0.154. The molecular weight excluding hydrogens is 285 g/mol. The van der Waals surface area contributed by atoms with E-state index in [-0.39, 0.29) is 17.0 Å². The number of halogens is 3. The average Bonchev–Trinajstić information content (AvgIpc) is 2.79. The Hall–Kier alpha value is -2.64. The minimum Gasteiger partial charge on any atom is -0.275 e. The van der Waals surface area contributed by atoms with Gasteiger partial charge in [0.25, 0.3) is 11.3 Å². The smallest absolute Gasteiger partial charge is 0.275 e. The van der Waals surface area contributed by atoms with Crippen LogP contribution in [0.1, 0.15) is 11.4 Å². The van der Waals surface area contributed by atoms with Gasteiger partial charge < -0.3 is 0 Å². The van der Waals surface area contributed by atoms with Crippen LogP contribution in [0, 0.1) is 6.92 Å². The van der Waals surface area contributed by atoms with Crippen molar-refractivity contribution in [3.8, 4) is 11.3 Å². The summed E-state index contributed by atoms with van der Waals surface area (Å²) in [6.07, 6.45) is -4.39. The number of nitrogens with zero attached hydrogens (tertiary/aromatic N) is 3. The first-order valence-corrected chi connectivity index (χ1v) is 5.99. The number of benzene rings is 1. The van der Waals surface area contributed by atoms with Crippen LogP contribution in [0.4, 0.5) is 13.2 Å². The highest BCUT2D eigenvalue weighted by molar-refractivity contribution is 5.60. The van der Waals surface area contributed by atoms with Crippen LogP contribution in [-0.2, 0) is 6.18 Å². The van der Waals surface area contributed by atoms with Crippen molar-refractivity contribution in [3.05, 3.63) is 52.1 Å². The van der Waals surface area contributed by atoms with Crippen molar-refractivity contribution in [1.29, 1.82) is 0 Å². The van der Waals surface area contributed by atoms with Gasteiger partial charge in [-0.2, -0.15) is 22.7 Å². The molecule has 21 heavy (non-hydrogen) atoms. The molecule has 0 aliphatic carbocycles. The van der Waals surface area contributed by atoms with Crippen molar-refractivity contribution in [1.82, 2.24) is 19.6 Å². The van der Waals surface area contributed by atoms with Crippen molar-refractivity contribution in [3.63, 3.8) is 0 Å². The number of fused-ring (bicyclic) bond motifs is 1. The number of hydrogen-bond donors (Lipinski definition) is 1. The van der Waals surface area contributed by atoms with E-state index in [0.717, 1.165) is 12.1 Å². The number of H-pyrrole nitrogens is 1. The molecule has 8 heteroatoms. The Labute approximate surface area is 116 Å². The van der Waals surface area contributed by atoms with Crippen LogP contribution in [0.25, 0.3) is 17.0 Å². The van der Waals surface area contributed by atoms with Gasteiger partial charge in [0, 0.05) is 11.6 Å². The molecule has 108 valence electrons. The van der Waals surface area contributed by atoms with E-state index in [2.05, 4.69) is 15.1 Å². The molecule has 0 spiro atoms. The van der Waals surface area contributed by atoms with Crippen molar-refractivity contribution in [2.75, 3.05) is 0 Å². The maximum Gasteiger partial charge on any atom is 0.416 e. The predicted octanol–water partition coefficient (Wildman–Crippen LogP) is 2.41. The Morgan fingerprint density at radius 2 is 1.81 bits per heavy atom. The molecule has 0 saturated carbocycles. The summed E-state index contributed by atoms with van der Waals surface area (Å²) in [6.45, 7) is 1.67. The Kier molecular flexibility index (Phi) is 2.82. The average molecular weight is 294 g/mol. The van der Waals surface area contributed by atoms with E-state index in [1.54, 1.807) is 6.92 Å². The first-order valence-electron chi connectivity index (χ1n) is 5.99. The Bertz CT molecular complexity index is 862. The van der Waals surface area contributed by atoms with Gasteiger partial charge in [-0.1, -0.05) is 12.1 Å². The van der Waals surface area contributed by atoms with Gasteiger partial charge in [-0.3, -0.25) is 9.89 Å². The summed E-state index contributed by atoms with van der Waals surface area (Å²) in [5.74, 6) is 0.694. The molecule has 3 rings (SSSR count). The number of alkyl halides is 3. The molecule has 0 aliphatic heterocycles. The number of nitrogens with one attached hydrogen (secondary N) is 1. The minimum absolute atomic E-state index is 0.176. The van der Waals surface area contributed by atoms with Gasteiger partial charge in [0.15, 0.2) is 0 Å². The van der Waals surface area contributed by atoms with Gasteiger partial charge >= 0.3 is 6.18 Å². The quantitative estimate of drug-likeness (QED) is 0.749. The van der Waals surface area contributed by atoms with Crippen LogP contribution >= 0.6 is 0 Å². The molecule has 0 fully saturated rings. The summed E-state index contributed by atoms with van der Waals surface area (Å²) in [5.41, 5.74) is -0.432. The summed E-state index contributed by atoms with van der Waals surface area (Å²) in [5, 5.41) is 2.72. The third-order valence-electron chi connectivity index (χ3n) is 2.95. The zero-order valence-electron chi connectivity index (χ0n) is 10.8. The van der Waals surface area contributed by atoms with Gasteiger partial charge in [-0.25, -0.2) is 4.98 Å². The molecule has 0 amide bonds. The Balaban J connectivity index is 2.10. The molecule has 2 aromatic heterocycles. The van der Waals surface area contributed by atoms with Crippen molar-refractivity contribution in [2.45, 2.75) is 13.1 Å². The minimum atomic E-state index is -4.39. The van der Waals surface area contributed by atoms with Crippen LogP contribution in [0.15, 0.2) is 35.1 Å². The van der Waals surface area contributed by atoms with Crippen LogP contribution < -0.4 is 5.56 Å². The zero-order chi connectivity index (χ0) is 15.2. The van der Waals surface area contributed by atoms with Crippen LogP contribution in [0.2, 0.25) is 0 Å². The topological polar surface area (TPSA) is 63.1 Å². The van der Waals surface area contributed by atoms with E-state index in [1.165, 1.54) is 22.7 Å². The highest BCUT2D eigenvalue weighted by Crippen LogP contribution is 2.30. The lowest BCUT2D eigenvalue weighted by atomic mass is 10.1. The van der Waals surface area contributed by atoms with Gasteiger partial charge in [0.1, 0.15) is 5.82 Å². The third kappa shape index (κ3) is 2.39. The molecule has 0 saturated heterocycles. The normalized spacial score (nSPS) is 12.0. The maximum atomic E-state index is 12.5. The van der Waals surface area contributed by atoms with E-state index >= 15 is 0 Å². The maximum absolute atomic E-state index is 12.5. The SMILES string of the molecule is Cc1nc2nc(-c3ccc(C(F)(F)F)cc3)cc(=O)n2[nH]1. The molecule has 0 radical (unpaired) electrons. The number of aromatic amines is 1. The van der Waals surface area contributed by atoms with Gasteiger partial charge in [-0.05, 0) is 19.1 Å². The first-order chi connectivity index (χ1) is 9.84. The summed E-state index contributed by atoms with van der Waals surface area (Å²) < 4.78 is 38.7. The lowest BCUT2D eigenvalue weighted by Crippen LogP contribution is -2.14. The molecule has 0 bridgehead atoms. The molecule has 0 unspecified atom stereocenters. The summed E-state index contributed by atoms with van der Waals surface area (Å²) in [4.78, 5) is 20.1. The molecule has 1 N–H and O–H groups in total. The third-order valence-corrected chi connectivity index (χ3v) is 2.95. The largest absolute Gasteiger partial charge is 0.416 e. The fourth-order valence-corrected chi connectivity index (χ4v) is 1.96. The number of aromatic nitrogens is 4. The van der Waals surface area contributed by atoms with E-state index in [1.807, 2.05) is 0 Å². The van der Waals surface area contributed by atoms with Crippen LogP contribution in [0.3, 0.4) is 0 Å². The summed E-state index contributed by atoms with van der Waals surface area (Å²) in [7, 11) is 0. The Morgan fingerprint density at radius 3 is 2.43 bits per heavy atom. The van der Waals surface area contributed by atoms with E-state index in [9.17, 15) is 18.0 Å². The molecule has 1 aromatic carbocycles. The lowest BCUT2D eigenvalue weighted by Gasteiger charge is -2.07. The second-order valence-electron chi connectivity index (χ2n) is 4.50. The second-order valence-corrected chi connectivity index (χ2v) is 4.50. The Morgan fingerprint density at radius 1 is 1.14 bits per heavy atom. The standard InChI is InChI=1S/C13H9F3N4O/c1-7-17-12-18-10(6-11(21)20(12)19-7)8-2-4-9(5-3-8)13(14,15)16/h2-6H,1H3,(H,17,18,19). The lowest BCUT2D eigenvalue weighted by molar-refractivity contribution is -0.137. The van der Waals surface area contributed by atoms with Gasteiger partial charge in [0.2, 0.25) is 0 Å². The highest BCUT2D eigenvalue weighted by atomic mass is 19.4. The van der Waals surface area contributed by atoms with Crippen LogP contribution in [-0.4, -0.2) is 19.6 Å². The molecular formula is C13H9F3N4O. The van der Waals surface area contributed by atoms with Gasteiger partial charge in [-0.15, -0.1) is 0 Å². The van der Waals surface area contributed by atoms with E-state index in [4.69, 9.17) is 0 Å². The van der Waals surface area contributed by atoms with Crippen molar-refractivity contribution in [2.24, 2.45) is 0 Å². The predicted molar refractivity (Wildman–Crippen MR) is 68.8 cm³/mol. The molecule has 2 heterocycles. The fourth-order valence-electron chi connectivity index (χ4n) is 1.96. The molecule has 0 aliphatic rings. The van der Waals surface area contributed by atoms with E-state index < -0.39 is 11.7 Å². The molecule has 3 aromatic rings. The second kappa shape index (κ2) is 4.44. The molecule has 5 nitrogen and oxygen atoms in total. The zero-order valence-corrected chi connectivity index (χ0v) is 10.8. The van der Waals surface area contributed by atoms with Gasteiger partial charge in [0.05, 0.1) is 11.3 Å².